The summed E-state index contributed by atoms with van der Waals surface area (Å²) < 4.78 is 6.43. The van der Waals surface area contributed by atoms with Gasteiger partial charge >= 0.3 is 0 Å². The summed E-state index contributed by atoms with van der Waals surface area (Å²) in [4.78, 5) is 5.12. The zero-order chi connectivity index (χ0) is 12.5. The molecule has 0 amide bonds. The lowest BCUT2D eigenvalue weighted by Crippen LogP contribution is -2.50. The number of benzene rings is 1. The molecule has 1 aromatic rings. The maximum absolute atomic E-state index is 5.35. The van der Waals surface area contributed by atoms with Crippen LogP contribution in [0.5, 0.6) is 5.75 Å². The molecule has 0 aliphatic carbocycles. The molecule has 0 N–H and O–H groups in total. The molecule has 2 heterocycles. The van der Waals surface area contributed by atoms with Gasteiger partial charge in [-0.25, -0.2) is 0 Å². The van der Waals surface area contributed by atoms with Crippen molar-refractivity contribution in [2.45, 2.75) is 18.9 Å². The first-order valence-corrected chi connectivity index (χ1v) is 7.39. The van der Waals surface area contributed by atoms with Crippen LogP contribution in [0.4, 0.5) is 5.69 Å². The molecule has 0 aromatic heterocycles. The van der Waals surface area contributed by atoms with Gasteiger partial charge in [-0.15, -0.1) is 0 Å². The average Bonchev–Trinajstić information content (AvgIpc) is 2.85. The summed E-state index contributed by atoms with van der Waals surface area (Å²) in [6.45, 7) is 4.76. The van der Waals surface area contributed by atoms with Crippen molar-refractivity contribution in [3.8, 4) is 5.75 Å². The van der Waals surface area contributed by atoms with Gasteiger partial charge in [0, 0.05) is 41.9 Å². The second-order valence-corrected chi connectivity index (χ2v) is 6.04. The predicted molar refractivity (Wildman–Crippen MR) is 77.5 cm³/mol. The fraction of sp³-hybridized carbons (Fsp3) is 0.571. The standard InChI is InChI=1S/C14H19BrN2O/c1-18-14-8-11(15)7-13(9-14)17-6-5-16-4-2-3-12(16)10-17/h7-9,12H,2-6,10H2,1H3. The Morgan fingerprint density at radius 1 is 1.22 bits per heavy atom. The van der Waals surface area contributed by atoms with E-state index in [-0.39, 0.29) is 0 Å². The Morgan fingerprint density at radius 2 is 2.11 bits per heavy atom. The number of rotatable bonds is 2. The number of piperazine rings is 1. The molecule has 3 rings (SSSR count). The van der Waals surface area contributed by atoms with Crippen LogP contribution >= 0.6 is 15.9 Å². The molecule has 1 atom stereocenters. The van der Waals surface area contributed by atoms with E-state index in [0.29, 0.717) is 0 Å². The van der Waals surface area contributed by atoms with Crippen LogP contribution in [0.3, 0.4) is 0 Å². The van der Waals surface area contributed by atoms with Crippen LogP contribution in [0.15, 0.2) is 22.7 Å². The molecule has 0 bridgehead atoms. The van der Waals surface area contributed by atoms with Crippen LogP contribution in [-0.2, 0) is 0 Å². The molecular formula is C14H19BrN2O. The highest BCUT2D eigenvalue weighted by Gasteiger charge is 2.30. The molecule has 2 fully saturated rings. The SMILES string of the molecule is COc1cc(Br)cc(N2CCN3CCCC3C2)c1. The molecule has 0 radical (unpaired) electrons. The number of hydrogen-bond donors (Lipinski definition) is 0. The Bertz CT molecular complexity index is 438. The average molecular weight is 311 g/mol. The third-order valence-corrected chi connectivity index (χ3v) is 4.50. The van der Waals surface area contributed by atoms with Crippen LogP contribution in [0.25, 0.3) is 0 Å². The van der Waals surface area contributed by atoms with Gasteiger partial charge in [0.2, 0.25) is 0 Å². The Balaban J connectivity index is 1.80. The number of anilines is 1. The van der Waals surface area contributed by atoms with Gasteiger partial charge in [-0.1, -0.05) is 15.9 Å². The molecule has 0 saturated carbocycles. The van der Waals surface area contributed by atoms with Gasteiger partial charge in [0.1, 0.15) is 5.75 Å². The van der Waals surface area contributed by atoms with Crippen LogP contribution in [0, 0.1) is 0 Å². The van der Waals surface area contributed by atoms with Crippen molar-refractivity contribution < 1.29 is 4.74 Å². The summed E-state index contributed by atoms with van der Waals surface area (Å²) in [5.74, 6) is 0.924. The van der Waals surface area contributed by atoms with E-state index in [2.05, 4.69) is 37.9 Å². The molecule has 4 heteroatoms. The summed E-state index contributed by atoms with van der Waals surface area (Å²) >= 11 is 3.56. The van der Waals surface area contributed by atoms with E-state index < -0.39 is 0 Å². The van der Waals surface area contributed by atoms with Crippen molar-refractivity contribution >= 4 is 21.6 Å². The molecule has 2 saturated heterocycles. The van der Waals surface area contributed by atoms with E-state index in [9.17, 15) is 0 Å². The second kappa shape index (κ2) is 5.10. The fourth-order valence-corrected chi connectivity index (χ4v) is 3.53. The molecular weight excluding hydrogens is 292 g/mol. The summed E-state index contributed by atoms with van der Waals surface area (Å²) in [5.41, 5.74) is 1.27. The molecule has 2 aliphatic heterocycles. The first kappa shape index (κ1) is 12.3. The summed E-state index contributed by atoms with van der Waals surface area (Å²) in [6, 6.07) is 7.08. The molecule has 1 aromatic carbocycles. The minimum absolute atomic E-state index is 0.753. The zero-order valence-corrected chi connectivity index (χ0v) is 12.3. The normalized spacial score (nSPS) is 24.1. The van der Waals surface area contributed by atoms with Gasteiger partial charge in [0.15, 0.2) is 0 Å². The lowest BCUT2D eigenvalue weighted by molar-refractivity contribution is 0.231. The van der Waals surface area contributed by atoms with Gasteiger partial charge in [-0.2, -0.15) is 0 Å². The predicted octanol–water partition coefficient (Wildman–Crippen LogP) is 2.74. The van der Waals surface area contributed by atoms with Crippen molar-refractivity contribution in [2.75, 3.05) is 38.2 Å². The Kier molecular flexibility index (Phi) is 3.48. The van der Waals surface area contributed by atoms with Gasteiger partial charge in [-0.05, 0) is 31.5 Å². The maximum Gasteiger partial charge on any atom is 0.122 e. The second-order valence-electron chi connectivity index (χ2n) is 5.13. The number of nitrogens with zero attached hydrogens (tertiary/aromatic N) is 2. The quantitative estimate of drug-likeness (QED) is 0.835. The van der Waals surface area contributed by atoms with Crippen molar-refractivity contribution in [2.24, 2.45) is 0 Å². The number of hydrogen-bond acceptors (Lipinski definition) is 3. The number of methoxy groups -OCH3 is 1. The van der Waals surface area contributed by atoms with Crippen LogP contribution in [0.2, 0.25) is 0 Å². The molecule has 98 valence electrons. The minimum atomic E-state index is 0.753. The van der Waals surface area contributed by atoms with Gasteiger partial charge < -0.3 is 9.64 Å². The molecule has 2 aliphatic rings. The largest absolute Gasteiger partial charge is 0.497 e. The Morgan fingerprint density at radius 3 is 2.94 bits per heavy atom. The first-order chi connectivity index (χ1) is 8.76. The van der Waals surface area contributed by atoms with Crippen LogP contribution in [-0.4, -0.2) is 44.2 Å². The van der Waals surface area contributed by atoms with Gasteiger partial charge in [0.05, 0.1) is 7.11 Å². The topological polar surface area (TPSA) is 15.7 Å². The monoisotopic (exact) mass is 310 g/mol. The first-order valence-electron chi connectivity index (χ1n) is 6.60. The smallest absolute Gasteiger partial charge is 0.122 e. The van der Waals surface area contributed by atoms with E-state index >= 15 is 0 Å². The summed E-state index contributed by atoms with van der Waals surface area (Å²) in [7, 11) is 1.72. The van der Waals surface area contributed by atoms with E-state index in [4.69, 9.17) is 4.74 Å². The van der Waals surface area contributed by atoms with E-state index in [1.807, 2.05) is 6.07 Å². The van der Waals surface area contributed by atoms with Crippen LogP contribution < -0.4 is 9.64 Å². The number of halogens is 1. The number of fused-ring (bicyclic) bond motifs is 1. The molecule has 18 heavy (non-hydrogen) atoms. The van der Waals surface area contributed by atoms with Crippen molar-refractivity contribution in [1.29, 1.82) is 0 Å². The lowest BCUT2D eigenvalue weighted by Gasteiger charge is -2.39. The highest BCUT2D eigenvalue weighted by molar-refractivity contribution is 9.10. The van der Waals surface area contributed by atoms with Crippen molar-refractivity contribution in [3.05, 3.63) is 22.7 Å². The highest BCUT2D eigenvalue weighted by atomic mass is 79.9. The Labute approximate surface area is 117 Å². The lowest BCUT2D eigenvalue weighted by atomic mass is 10.1. The van der Waals surface area contributed by atoms with E-state index in [1.54, 1.807) is 7.11 Å². The summed E-state index contributed by atoms with van der Waals surface area (Å²) in [6.07, 6.45) is 2.71. The minimum Gasteiger partial charge on any atom is -0.497 e. The van der Waals surface area contributed by atoms with Crippen molar-refractivity contribution in [3.63, 3.8) is 0 Å². The Hall–Kier alpha value is -0.740. The molecule has 1 unspecified atom stereocenters. The third-order valence-electron chi connectivity index (χ3n) is 4.04. The maximum atomic E-state index is 5.35. The third kappa shape index (κ3) is 2.36. The molecule has 3 nitrogen and oxygen atoms in total. The number of ether oxygens (including phenoxy) is 1. The highest BCUT2D eigenvalue weighted by Crippen LogP contribution is 2.30. The van der Waals surface area contributed by atoms with E-state index in [0.717, 1.165) is 29.4 Å². The summed E-state index contributed by atoms with van der Waals surface area (Å²) in [5, 5.41) is 0. The van der Waals surface area contributed by atoms with E-state index in [1.165, 1.54) is 31.6 Å². The molecule has 0 spiro atoms. The fourth-order valence-electron chi connectivity index (χ4n) is 3.07. The van der Waals surface area contributed by atoms with Gasteiger partial charge in [0.25, 0.3) is 0 Å². The van der Waals surface area contributed by atoms with Crippen molar-refractivity contribution in [1.82, 2.24) is 4.90 Å². The zero-order valence-electron chi connectivity index (χ0n) is 10.7. The van der Waals surface area contributed by atoms with Crippen LogP contribution in [0.1, 0.15) is 12.8 Å². The van der Waals surface area contributed by atoms with Gasteiger partial charge in [-0.3, -0.25) is 4.90 Å².